The van der Waals surface area contributed by atoms with E-state index in [9.17, 15) is 15.3 Å². The molecule has 0 saturated carbocycles. The van der Waals surface area contributed by atoms with Crippen molar-refractivity contribution in [2.24, 2.45) is 5.41 Å². The summed E-state index contributed by atoms with van der Waals surface area (Å²) < 4.78 is 4.73. The average Bonchev–Trinajstić information content (AvgIpc) is 3.70. The molecule has 0 aromatic heterocycles. The minimum absolute atomic E-state index is 0.151. The van der Waals surface area contributed by atoms with E-state index in [0.717, 1.165) is 24.2 Å². The Morgan fingerprint density at radius 3 is 1.23 bits per heavy atom. The van der Waals surface area contributed by atoms with E-state index in [1.54, 1.807) is 36.4 Å². The monoisotopic (exact) mass is 556 g/mol. The van der Waals surface area contributed by atoms with Crippen molar-refractivity contribution < 1.29 is 24.9 Å². The van der Waals surface area contributed by atoms with E-state index < -0.39 is 0 Å². The molecule has 0 amide bonds. The van der Waals surface area contributed by atoms with E-state index >= 15 is 0 Å². The first-order valence-corrected chi connectivity index (χ1v) is 13.5. The first-order chi connectivity index (χ1) is 18.1. The molecule has 0 radical (unpaired) electrons. The van der Waals surface area contributed by atoms with Crippen molar-refractivity contribution in [1.29, 1.82) is 0 Å². The van der Waals surface area contributed by atoms with Crippen molar-refractivity contribution in [3.63, 3.8) is 0 Å². The van der Waals surface area contributed by atoms with E-state index in [4.69, 9.17) is 21.1 Å². The third kappa shape index (κ3) is 12.1. The topological polar surface area (TPSA) is 90.3 Å². The van der Waals surface area contributed by atoms with Gasteiger partial charge in [0.1, 0.15) is 24.0 Å². The molecule has 3 aromatic rings. The Morgan fingerprint density at radius 1 is 0.692 bits per heavy atom. The predicted molar refractivity (Wildman–Crippen MR) is 161 cm³/mol. The highest BCUT2D eigenvalue weighted by Gasteiger charge is 2.27. The number of phenolic OH excluding ortho intramolecular Hbond substituents is 3. The average molecular weight is 557 g/mol. The van der Waals surface area contributed by atoms with Crippen LogP contribution in [0.25, 0.3) is 0 Å². The summed E-state index contributed by atoms with van der Waals surface area (Å²) in [5, 5.41) is 27.8. The van der Waals surface area contributed by atoms with Crippen molar-refractivity contribution in [2.75, 3.05) is 12.5 Å². The Balaban J connectivity index is 0.000000315. The Labute approximate surface area is 239 Å². The molecule has 0 aliphatic carbocycles. The summed E-state index contributed by atoms with van der Waals surface area (Å²) in [6.07, 6.45) is 1.53. The van der Waals surface area contributed by atoms with Crippen molar-refractivity contribution in [3.8, 4) is 17.2 Å². The number of ether oxygens (including phenoxy) is 1. The molecule has 214 valence electrons. The Bertz CT molecular complexity index is 1050. The molecule has 1 saturated heterocycles. The molecule has 4 rings (SSSR count). The SMILES string of the molecule is C=O.CC(C)(C)CC(C)(C)c1ccc(O)cc1.CC(C)(c1ccc(O)cc1)c1ccc(O)cc1.ClCC1CO1. The smallest absolute Gasteiger partial charge is 0.115 e. The lowest BCUT2D eigenvalue weighted by Gasteiger charge is -2.33. The Hall–Kier alpha value is -3.02. The number of phenols is 3. The lowest BCUT2D eigenvalue weighted by atomic mass is 9.72. The Kier molecular flexibility index (Phi) is 13.0. The number of benzene rings is 3. The van der Waals surface area contributed by atoms with Crippen LogP contribution in [0.5, 0.6) is 17.2 Å². The van der Waals surface area contributed by atoms with Gasteiger partial charge in [0.2, 0.25) is 0 Å². The van der Waals surface area contributed by atoms with Gasteiger partial charge in [-0.3, -0.25) is 0 Å². The molecule has 1 fully saturated rings. The van der Waals surface area contributed by atoms with Gasteiger partial charge >= 0.3 is 0 Å². The molecule has 0 bridgehead atoms. The lowest BCUT2D eigenvalue weighted by Crippen LogP contribution is -2.24. The lowest BCUT2D eigenvalue weighted by molar-refractivity contribution is -0.0980. The number of alkyl halides is 1. The van der Waals surface area contributed by atoms with E-state index in [-0.39, 0.29) is 22.3 Å². The molecule has 3 aromatic carbocycles. The first-order valence-electron chi connectivity index (χ1n) is 13.0. The largest absolute Gasteiger partial charge is 0.508 e. The molecule has 1 unspecified atom stereocenters. The quantitative estimate of drug-likeness (QED) is 0.219. The van der Waals surface area contributed by atoms with Crippen molar-refractivity contribution in [3.05, 3.63) is 89.5 Å². The summed E-state index contributed by atoms with van der Waals surface area (Å²) >= 11 is 5.27. The fraction of sp³-hybridized carbons (Fsp3) is 0.424. The molecule has 0 spiro atoms. The van der Waals surface area contributed by atoms with Crippen LogP contribution < -0.4 is 0 Å². The van der Waals surface area contributed by atoms with Crippen LogP contribution in [0, 0.1) is 5.41 Å². The van der Waals surface area contributed by atoms with Crippen molar-refractivity contribution in [2.45, 2.75) is 71.8 Å². The van der Waals surface area contributed by atoms with Gasteiger partial charge in [0.25, 0.3) is 0 Å². The standard InChI is InChI=1S/C15H16O2.C14H22O.C3H5ClO.CH2O/c1-15(2,11-3-7-13(16)8-4-11)12-5-9-14(17)10-6-12;1-13(2,3)10-14(4,5)11-6-8-12(15)9-7-11;4-1-3-2-5-3;1-2/h3-10,16-17H,1-2H3;6-9,15H,10H2,1-5H3;3H,1-2H2;1H2. The second-order valence-electron chi connectivity index (χ2n) is 12.0. The summed E-state index contributed by atoms with van der Waals surface area (Å²) in [6, 6.07) is 22.0. The van der Waals surface area contributed by atoms with Crippen LogP contribution in [-0.4, -0.2) is 40.7 Å². The molecule has 6 heteroatoms. The maximum Gasteiger partial charge on any atom is 0.115 e. The minimum Gasteiger partial charge on any atom is -0.508 e. The van der Waals surface area contributed by atoms with Gasteiger partial charge in [-0.25, -0.2) is 0 Å². The van der Waals surface area contributed by atoms with Gasteiger partial charge in [-0.05, 0) is 70.3 Å². The molecule has 1 atom stereocenters. The first kappa shape index (κ1) is 34.0. The zero-order valence-corrected chi connectivity index (χ0v) is 25.1. The highest BCUT2D eigenvalue weighted by Crippen LogP contribution is 2.36. The highest BCUT2D eigenvalue weighted by atomic mass is 35.5. The van der Waals surface area contributed by atoms with Gasteiger partial charge in [0.05, 0.1) is 18.6 Å². The second-order valence-corrected chi connectivity index (χ2v) is 12.3. The third-order valence-electron chi connectivity index (χ3n) is 6.37. The summed E-state index contributed by atoms with van der Waals surface area (Å²) in [7, 11) is 0. The molecular formula is C33H45ClO5. The van der Waals surface area contributed by atoms with Crippen LogP contribution in [0.4, 0.5) is 0 Å². The summed E-state index contributed by atoms with van der Waals surface area (Å²) in [6.45, 7) is 18.4. The fourth-order valence-electron chi connectivity index (χ4n) is 4.42. The van der Waals surface area contributed by atoms with Gasteiger partial charge in [-0.15, -0.1) is 11.6 Å². The fourth-order valence-corrected chi connectivity index (χ4v) is 4.60. The molecule has 3 N–H and O–H groups in total. The minimum atomic E-state index is -0.151. The molecular weight excluding hydrogens is 512 g/mol. The normalized spacial score (nSPS) is 14.4. The van der Waals surface area contributed by atoms with Crippen LogP contribution >= 0.6 is 11.6 Å². The van der Waals surface area contributed by atoms with Gasteiger partial charge in [0.15, 0.2) is 0 Å². The number of epoxide rings is 1. The van der Waals surface area contributed by atoms with E-state index in [1.165, 1.54) is 5.56 Å². The molecule has 39 heavy (non-hydrogen) atoms. The molecule has 1 aliphatic heterocycles. The summed E-state index contributed by atoms with van der Waals surface area (Å²) in [5.41, 5.74) is 3.87. The summed E-state index contributed by atoms with van der Waals surface area (Å²) in [4.78, 5) is 8.00. The van der Waals surface area contributed by atoms with Gasteiger partial charge < -0.3 is 24.9 Å². The van der Waals surface area contributed by atoms with Crippen LogP contribution in [-0.2, 0) is 20.4 Å². The van der Waals surface area contributed by atoms with Crippen LogP contribution in [0.1, 0.15) is 71.6 Å². The zero-order chi connectivity index (χ0) is 29.9. The number of hydrogen-bond donors (Lipinski definition) is 3. The number of aromatic hydroxyl groups is 3. The molecule has 5 nitrogen and oxygen atoms in total. The van der Waals surface area contributed by atoms with Crippen molar-refractivity contribution >= 4 is 18.4 Å². The summed E-state index contributed by atoms with van der Waals surface area (Å²) in [5.74, 6) is 1.55. The van der Waals surface area contributed by atoms with E-state index in [1.807, 2.05) is 43.2 Å². The van der Waals surface area contributed by atoms with Gasteiger partial charge in [-0.2, -0.15) is 0 Å². The van der Waals surface area contributed by atoms with Crippen LogP contribution in [0.3, 0.4) is 0 Å². The second kappa shape index (κ2) is 14.9. The Morgan fingerprint density at radius 2 is 1.00 bits per heavy atom. The molecule has 1 heterocycles. The highest BCUT2D eigenvalue weighted by molar-refractivity contribution is 6.18. The van der Waals surface area contributed by atoms with Crippen molar-refractivity contribution in [1.82, 2.24) is 0 Å². The number of halogens is 1. The zero-order valence-electron chi connectivity index (χ0n) is 24.4. The predicted octanol–water partition coefficient (Wildman–Crippen LogP) is 7.97. The van der Waals surface area contributed by atoms with E-state index in [2.05, 4.69) is 48.5 Å². The molecule has 1 aliphatic rings. The number of rotatable bonds is 5. The van der Waals surface area contributed by atoms with E-state index in [0.29, 0.717) is 23.1 Å². The maximum absolute atomic E-state index is 9.30. The maximum atomic E-state index is 9.30. The van der Waals surface area contributed by atoms with Crippen LogP contribution in [0.15, 0.2) is 72.8 Å². The number of carbonyl (C=O) groups excluding carboxylic acids is 1. The van der Waals surface area contributed by atoms with Gasteiger partial charge in [0, 0.05) is 5.41 Å². The third-order valence-corrected chi connectivity index (χ3v) is 6.72. The van der Waals surface area contributed by atoms with Gasteiger partial charge in [-0.1, -0.05) is 84.9 Å². The number of carbonyl (C=O) groups is 1. The number of hydrogen-bond acceptors (Lipinski definition) is 5. The van der Waals surface area contributed by atoms with Crippen LogP contribution in [0.2, 0.25) is 0 Å².